The number of amides is 2. The Labute approximate surface area is 243 Å². The van der Waals surface area contributed by atoms with E-state index >= 15 is 0 Å². The maximum absolute atomic E-state index is 14.1. The molecule has 2 amide bonds. The van der Waals surface area contributed by atoms with Crippen LogP contribution in [0.2, 0.25) is 0 Å². The summed E-state index contributed by atoms with van der Waals surface area (Å²) in [5.74, 6) is -8.34. The Morgan fingerprint density at radius 2 is 1.90 bits per heavy atom. The minimum absolute atomic E-state index is 0.00280. The number of nitrogens with two attached hydrogens (primary N) is 1. The zero-order valence-corrected chi connectivity index (χ0v) is 24.2. The lowest BCUT2D eigenvalue weighted by molar-refractivity contribution is -0.155. The zero-order valence-electron chi connectivity index (χ0n) is 24.2. The molecule has 4 aliphatic rings. The number of nitrogens with zero attached hydrogens (tertiary/aromatic N) is 1. The molecule has 1 saturated carbocycles. The maximum Gasteiger partial charge on any atom is 0.255 e. The van der Waals surface area contributed by atoms with E-state index in [1.54, 1.807) is 38.9 Å². The van der Waals surface area contributed by atoms with Crippen molar-refractivity contribution in [3.05, 3.63) is 39.7 Å². The summed E-state index contributed by atoms with van der Waals surface area (Å²) in [5, 5.41) is 51.7. The normalized spacial score (nSPS) is 28.9. The van der Waals surface area contributed by atoms with Crippen LogP contribution in [-0.2, 0) is 32.1 Å². The SMILES string of the molecule is CC(C)[C@@H]1C(=O)C(C(N)=O)=C(O)[C@@]2(O)C(=O)C3=C(O)c4c(O)c(CNC(=O)C5CCCN5)cc(N(C)C)c4C[C@H]3C[C@@H]12. The molecule has 12 heteroatoms. The highest BCUT2D eigenvalue weighted by atomic mass is 16.3. The van der Waals surface area contributed by atoms with Crippen molar-refractivity contribution in [2.45, 2.75) is 57.7 Å². The van der Waals surface area contributed by atoms with Gasteiger partial charge < -0.3 is 41.7 Å². The van der Waals surface area contributed by atoms with Gasteiger partial charge in [-0.1, -0.05) is 13.8 Å². The molecular formula is C30H38N4O8. The van der Waals surface area contributed by atoms with Crippen LogP contribution in [0.25, 0.3) is 5.76 Å². The number of hydrogen-bond donors (Lipinski definition) is 7. The molecule has 1 aromatic rings. The van der Waals surface area contributed by atoms with Crippen LogP contribution in [0, 0.1) is 23.7 Å². The maximum atomic E-state index is 14.1. The molecule has 1 heterocycles. The van der Waals surface area contributed by atoms with E-state index in [9.17, 15) is 39.6 Å². The number of aliphatic hydroxyl groups is 3. The average molecular weight is 583 g/mol. The monoisotopic (exact) mass is 582 g/mol. The Hall–Kier alpha value is -3.90. The quantitative estimate of drug-likeness (QED) is 0.235. The minimum Gasteiger partial charge on any atom is -0.508 e. The van der Waals surface area contributed by atoms with Crippen molar-refractivity contribution in [2.75, 3.05) is 25.5 Å². The fourth-order valence-electron chi connectivity index (χ4n) is 7.33. The van der Waals surface area contributed by atoms with Crippen molar-refractivity contribution in [1.82, 2.24) is 10.6 Å². The molecule has 8 N–H and O–H groups in total. The van der Waals surface area contributed by atoms with Gasteiger partial charge in [-0.25, -0.2) is 0 Å². The van der Waals surface area contributed by atoms with E-state index in [2.05, 4.69) is 10.6 Å². The van der Waals surface area contributed by atoms with Crippen molar-refractivity contribution in [1.29, 1.82) is 0 Å². The van der Waals surface area contributed by atoms with Crippen molar-refractivity contribution in [2.24, 2.45) is 29.4 Å². The number of fused-ring (bicyclic) bond motifs is 3. The van der Waals surface area contributed by atoms with Gasteiger partial charge in [0.15, 0.2) is 11.4 Å². The van der Waals surface area contributed by atoms with Gasteiger partial charge in [-0.2, -0.15) is 0 Å². The number of Topliss-reactive ketones (excluding diaryl/α,β-unsaturated/α-hetero) is 2. The molecule has 0 aromatic heterocycles. The molecular weight excluding hydrogens is 544 g/mol. The predicted molar refractivity (Wildman–Crippen MR) is 152 cm³/mol. The first kappa shape index (κ1) is 29.6. The summed E-state index contributed by atoms with van der Waals surface area (Å²) in [6.45, 7) is 4.15. The summed E-state index contributed by atoms with van der Waals surface area (Å²) in [4.78, 5) is 54.0. The molecule has 226 valence electrons. The zero-order chi connectivity index (χ0) is 30.8. The lowest BCUT2D eigenvalue weighted by Gasteiger charge is -2.50. The molecule has 2 fully saturated rings. The van der Waals surface area contributed by atoms with Crippen molar-refractivity contribution >= 4 is 34.8 Å². The standard InChI is InChI=1S/C30H38N4O8/c1-12(2)19-16-9-13-8-15-18(34(3)4)10-14(11-33-29(41)17-6-5-7-32-17)23(35)21(15)25(37)20(13)26(38)30(16,42)27(39)22(24(19)36)28(31)40/h10,12-13,16-17,19,32,35,37,39,42H,5-9,11H2,1-4H3,(H2,31,40)(H,33,41)/t13-,16-,17?,19-,30-/m0/s1. The minimum atomic E-state index is -2.66. The van der Waals surface area contributed by atoms with Gasteiger partial charge in [0.25, 0.3) is 5.91 Å². The third-order valence-electron chi connectivity index (χ3n) is 9.34. The van der Waals surface area contributed by atoms with E-state index < -0.39 is 63.8 Å². The van der Waals surface area contributed by atoms with Crippen LogP contribution in [0.15, 0.2) is 23.0 Å². The summed E-state index contributed by atoms with van der Waals surface area (Å²) in [6.07, 6.45) is 1.83. The highest BCUT2D eigenvalue weighted by Crippen LogP contribution is 2.55. The number of anilines is 1. The number of phenols is 1. The molecule has 1 unspecified atom stereocenters. The molecule has 12 nitrogen and oxygen atoms in total. The number of rotatable bonds is 6. The number of ketones is 2. The number of aromatic hydroxyl groups is 1. The van der Waals surface area contributed by atoms with Gasteiger partial charge in [0, 0.05) is 49.3 Å². The fourth-order valence-corrected chi connectivity index (χ4v) is 7.33. The van der Waals surface area contributed by atoms with Crippen LogP contribution in [-0.4, -0.2) is 76.1 Å². The second kappa shape index (κ2) is 10.4. The average Bonchev–Trinajstić information content (AvgIpc) is 3.45. The summed E-state index contributed by atoms with van der Waals surface area (Å²) in [5.41, 5.74) is 3.25. The lowest BCUT2D eigenvalue weighted by Crippen LogP contribution is -2.62. The number of hydrogen-bond acceptors (Lipinski definition) is 10. The molecule has 0 radical (unpaired) electrons. The Balaban J connectivity index is 1.63. The van der Waals surface area contributed by atoms with E-state index in [4.69, 9.17) is 5.73 Å². The number of carbonyl (C=O) groups excluding carboxylic acids is 4. The Morgan fingerprint density at radius 1 is 1.21 bits per heavy atom. The van der Waals surface area contributed by atoms with Gasteiger partial charge in [0.1, 0.15) is 22.8 Å². The van der Waals surface area contributed by atoms with Crippen LogP contribution in [0.5, 0.6) is 5.75 Å². The Morgan fingerprint density at radius 3 is 2.48 bits per heavy atom. The van der Waals surface area contributed by atoms with E-state index in [-0.39, 0.29) is 48.2 Å². The number of nitrogens with one attached hydrogen (secondary N) is 2. The van der Waals surface area contributed by atoms with E-state index in [0.29, 0.717) is 23.2 Å². The number of primary amides is 1. The number of phenolic OH excluding ortho intramolecular Hbond substituents is 1. The molecule has 42 heavy (non-hydrogen) atoms. The third kappa shape index (κ3) is 4.27. The van der Waals surface area contributed by atoms with Crippen molar-refractivity contribution in [3.8, 4) is 5.75 Å². The van der Waals surface area contributed by atoms with Gasteiger partial charge in [0.2, 0.25) is 11.7 Å². The molecule has 0 spiro atoms. The predicted octanol–water partition coefficient (Wildman–Crippen LogP) is 0.740. The van der Waals surface area contributed by atoms with Crippen LogP contribution in [0.4, 0.5) is 5.69 Å². The number of carbonyl (C=O) groups is 4. The molecule has 1 aliphatic heterocycles. The van der Waals surface area contributed by atoms with E-state index in [1.165, 1.54) is 0 Å². The van der Waals surface area contributed by atoms with E-state index in [0.717, 1.165) is 13.0 Å². The molecule has 0 bridgehead atoms. The Bertz CT molecular complexity index is 1460. The first-order valence-electron chi connectivity index (χ1n) is 14.3. The van der Waals surface area contributed by atoms with Gasteiger partial charge >= 0.3 is 0 Å². The lowest BCUT2D eigenvalue weighted by atomic mass is 9.54. The van der Waals surface area contributed by atoms with Gasteiger partial charge in [-0.05, 0) is 55.7 Å². The Kier molecular flexibility index (Phi) is 7.34. The second-order valence-electron chi connectivity index (χ2n) is 12.3. The van der Waals surface area contributed by atoms with Gasteiger partial charge in [-0.3, -0.25) is 19.2 Å². The number of aliphatic hydroxyl groups excluding tert-OH is 2. The molecule has 3 aliphatic carbocycles. The van der Waals surface area contributed by atoms with Crippen LogP contribution < -0.4 is 21.3 Å². The van der Waals surface area contributed by atoms with Crippen LogP contribution in [0.1, 0.15) is 49.8 Å². The van der Waals surface area contributed by atoms with E-state index in [1.807, 2.05) is 0 Å². The highest BCUT2D eigenvalue weighted by molar-refractivity contribution is 6.23. The molecule has 1 aromatic carbocycles. The fraction of sp³-hybridized carbons (Fsp3) is 0.533. The second-order valence-corrected chi connectivity index (χ2v) is 12.3. The smallest absolute Gasteiger partial charge is 0.255 e. The van der Waals surface area contributed by atoms with Crippen LogP contribution in [0.3, 0.4) is 0 Å². The topological polar surface area (TPSA) is 203 Å². The van der Waals surface area contributed by atoms with Crippen molar-refractivity contribution < 1.29 is 39.6 Å². The molecule has 1 saturated heterocycles. The van der Waals surface area contributed by atoms with Crippen LogP contribution >= 0.6 is 0 Å². The summed E-state index contributed by atoms with van der Waals surface area (Å²) >= 11 is 0. The molecule has 5 rings (SSSR count). The summed E-state index contributed by atoms with van der Waals surface area (Å²) in [7, 11) is 3.59. The van der Waals surface area contributed by atoms with Crippen molar-refractivity contribution in [3.63, 3.8) is 0 Å². The highest BCUT2D eigenvalue weighted by Gasteiger charge is 2.64. The first-order chi connectivity index (χ1) is 19.7. The molecule has 5 atom stereocenters. The van der Waals surface area contributed by atoms with Gasteiger partial charge in [0.05, 0.1) is 11.6 Å². The number of benzene rings is 1. The first-order valence-corrected chi connectivity index (χ1v) is 14.3. The summed E-state index contributed by atoms with van der Waals surface area (Å²) in [6, 6.07) is 1.40. The largest absolute Gasteiger partial charge is 0.508 e. The summed E-state index contributed by atoms with van der Waals surface area (Å²) < 4.78 is 0. The van der Waals surface area contributed by atoms with Gasteiger partial charge in [-0.15, -0.1) is 0 Å². The third-order valence-corrected chi connectivity index (χ3v) is 9.34.